The summed E-state index contributed by atoms with van der Waals surface area (Å²) in [7, 11) is 0. The highest BCUT2D eigenvalue weighted by Gasteiger charge is 2.32. The summed E-state index contributed by atoms with van der Waals surface area (Å²) in [4.78, 5) is 25.3. The van der Waals surface area contributed by atoms with Crippen LogP contribution in [0.4, 0.5) is 4.79 Å². The second-order valence-corrected chi connectivity index (χ2v) is 9.56. The van der Waals surface area contributed by atoms with Gasteiger partial charge >= 0.3 is 12.1 Å². The fourth-order valence-electron chi connectivity index (χ4n) is 4.32. The topological polar surface area (TPSA) is 64.6 Å². The first-order chi connectivity index (χ1) is 16.3. The highest BCUT2D eigenvalue weighted by Crippen LogP contribution is 2.44. The summed E-state index contributed by atoms with van der Waals surface area (Å²) in [5.74, 6) is -0.541. The summed E-state index contributed by atoms with van der Waals surface area (Å²) in [5.41, 5.74) is 4.68. The molecule has 0 spiro atoms. The van der Waals surface area contributed by atoms with Crippen molar-refractivity contribution in [3.05, 3.63) is 95.6 Å². The van der Waals surface area contributed by atoms with Crippen molar-refractivity contribution in [1.29, 1.82) is 0 Å². The van der Waals surface area contributed by atoms with Crippen LogP contribution in [0.15, 0.2) is 78.9 Å². The number of esters is 1. The van der Waals surface area contributed by atoms with Gasteiger partial charge in [0.1, 0.15) is 17.5 Å². The molecule has 0 heterocycles. The van der Waals surface area contributed by atoms with E-state index in [1.807, 2.05) is 68.4 Å². The fourth-order valence-corrected chi connectivity index (χ4v) is 4.45. The lowest BCUT2D eigenvalue weighted by molar-refractivity contribution is -0.157. The quantitative estimate of drug-likeness (QED) is 0.340. The van der Waals surface area contributed by atoms with Crippen LogP contribution in [0.25, 0.3) is 11.1 Å². The van der Waals surface area contributed by atoms with Gasteiger partial charge < -0.3 is 14.8 Å². The molecular weight excluding hydrogens is 446 g/mol. The second-order valence-electron chi connectivity index (χ2n) is 9.00. The molecule has 1 N–H and O–H groups in total. The Balaban J connectivity index is 1.34. The molecule has 0 saturated heterocycles. The Hall–Kier alpha value is -3.25. The Kier molecular flexibility index (Phi) is 6.98. The lowest BCUT2D eigenvalue weighted by atomic mass is 9.98. The predicted octanol–water partition coefficient (Wildman–Crippen LogP) is 5.69. The van der Waals surface area contributed by atoms with Crippen LogP contribution in [0.5, 0.6) is 0 Å². The number of carbonyl (C=O) groups is 2. The molecule has 1 amide bonds. The van der Waals surface area contributed by atoms with Crippen molar-refractivity contribution in [2.75, 3.05) is 6.61 Å². The lowest BCUT2D eigenvalue weighted by Crippen LogP contribution is -2.44. The molecule has 0 bridgehead atoms. The minimum atomic E-state index is -0.844. The molecule has 2 atom stereocenters. The van der Waals surface area contributed by atoms with Crippen LogP contribution in [0, 0.1) is 0 Å². The number of amides is 1. The number of thiol groups is 1. The number of ether oxygens (including phenoxy) is 2. The molecule has 176 valence electrons. The first kappa shape index (κ1) is 23.9. The van der Waals surface area contributed by atoms with E-state index in [0.717, 1.165) is 16.7 Å². The zero-order valence-corrected chi connectivity index (χ0v) is 20.4. The van der Waals surface area contributed by atoms with Gasteiger partial charge in [-0.2, -0.15) is 12.6 Å². The summed E-state index contributed by atoms with van der Waals surface area (Å²) in [5, 5.41) is 1.88. The van der Waals surface area contributed by atoms with Crippen molar-refractivity contribution in [3.63, 3.8) is 0 Å². The van der Waals surface area contributed by atoms with Gasteiger partial charge in [0.25, 0.3) is 0 Å². The molecular formula is C28H29NO4S. The highest BCUT2D eigenvalue weighted by atomic mass is 32.1. The minimum absolute atomic E-state index is 0.0307. The molecule has 2 unspecified atom stereocenters. The van der Waals surface area contributed by atoms with Crippen molar-refractivity contribution in [2.24, 2.45) is 0 Å². The standard InChI is InChI=1S/C28H29NO4S/c1-18(25(34)26(30)33-28(2,3)19-11-5-4-6-12-19)29-27(31)32-17-24-22-15-9-7-13-20(22)21-14-8-10-16-23(21)24/h4-16,18,24-25,34H,17H2,1-3H3,(H,29,31). The zero-order chi connectivity index (χ0) is 24.3. The predicted molar refractivity (Wildman–Crippen MR) is 136 cm³/mol. The van der Waals surface area contributed by atoms with E-state index in [0.29, 0.717) is 0 Å². The SMILES string of the molecule is CC(NC(=O)OCC1c2ccccc2-c2ccccc21)C(S)C(=O)OC(C)(C)c1ccccc1. The second kappa shape index (κ2) is 9.94. The molecule has 0 radical (unpaired) electrons. The summed E-state index contributed by atoms with van der Waals surface area (Å²) in [6, 6.07) is 25.2. The Bertz CT molecular complexity index is 1130. The Morgan fingerprint density at radius 2 is 1.44 bits per heavy atom. The van der Waals surface area contributed by atoms with Gasteiger partial charge in [-0.15, -0.1) is 0 Å². The third kappa shape index (κ3) is 4.97. The summed E-state index contributed by atoms with van der Waals surface area (Å²) in [6.07, 6.45) is -0.594. The van der Waals surface area contributed by atoms with E-state index in [1.165, 1.54) is 11.1 Å². The van der Waals surface area contributed by atoms with Crippen molar-refractivity contribution in [1.82, 2.24) is 5.32 Å². The number of alkyl carbamates (subject to hydrolysis) is 1. The molecule has 1 aliphatic rings. The van der Waals surface area contributed by atoms with E-state index in [1.54, 1.807) is 6.92 Å². The number of carbonyl (C=O) groups excluding carboxylic acids is 2. The van der Waals surface area contributed by atoms with E-state index < -0.39 is 29.0 Å². The maximum Gasteiger partial charge on any atom is 0.407 e. The maximum absolute atomic E-state index is 12.7. The summed E-state index contributed by atoms with van der Waals surface area (Å²) >= 11 is 4.40. The fraction of sp³-hybridized carbons (Fsp3) is 0.286. The average molecular weight is 476 g/mol. The van der Waals surface area contributed by atoms with Crippen molar-refractivity contribution in [3.8, 4) is 11.1 Å². The van der Waals surface area contributed by atoms with Crippen LogP contribution in [0.3, 0.4) is 0 Å². The van der Waals surface area contributed by atoms with Crippen molar-refractivity contribution >= 4 is 24.7 Å². The molecule has 6 heteroatoms. The van der Waals surface area contributed by atoms with Crippen LogP contribution in [-0.4, -0.2) is 30.0 Å². The first-order valence-corrected chi connectivity index (χ1v) is 11.9. The number of rotatable bonds is 7. The van der Waals surface area contributed by atoms with Crippen molar-refractivity contribution < 1.29 is 19.1 Å². The number of hydrogen-bond acceptors (Lipinski definition) is 5. The van der Waals surface area contributed by atoms with Gasteiger partial charge in [0.2, 0.25) is 0 Å². The van der Waals surface area contributed by atoms with Crippen LogP contribution >= 0.6 is 12.6 Å². The van der Waals surface area contributed by atoms with Gasteiger partial charge in [0.05, 0.1) is 6.04 Å². The van der Waals surface area contributed by atoms with Gasteiger partial charge in [0, 0.05) is 5.92 Å². The van der Waals surface area contributed by atoms with E-state index in [9.17, 15) is 9.59 Å². The van der Waals surface area contributed by atoms with Crippen LogP contribution < -0.4 is 5.32 Å². The Morgan fingerprint density at radius 3 is 2.03 bits per heavy atom. The van der Waals surface area contributed by atoms with E-state index in [2.05, 4.69) is 42.2 Å². The molecule has 5 nitrogen and oxygen atoms in total. The lowest BCUT2D eigenvalue weighted by Gasteiger charge is -2.28. The third-order valence-electron chi connectivity index (χ3n) is 6.23. The average Bonchev–Trinajstić information content (AvgIpc) is 3.16. The smallest absolute Gasteiger partial charge is 0.407 e. The van der Waals surface area contributed by atoms with E-state index in [-0.39, 0.29) is 12.5 Å². The van der Waals surface area contributed by atoms with Gasteiger partial charge in [-0.3, -0.25) is 4.79 Å². The molecule has 1 aliphatic carbocycles. The van der Waals surface area contributed by atoms with Gasteiger partial charge in [0.15, 0.2) is 0 Å². The third-order valence-corrected chi connectivity index (χ3v) is 6.89. The highest BCUT2D eigenvalue weighted by molar-refractivity contribution is 7.81. The van der Waals surface area contributed by atoms with Crippen LogP contribution in [0.1, 0.15) is 43.4 Å². The summed E-state index contributed by atoms with van der Waals surface area (Å²) < 4.78 is 11.3. The number of fused-ring (bicyclic) bond motifs is 3. The van der Waals surface area contributed by atoms with Crippen molar-refractivity contribution in [2.45, 2.75) is 43.6 Å². The maximum atomic E-state index is 12.7. The molecule has 0 fully saturated rings. The van der Waals surface area contributed by atoms with Gasteiger partial charge in [-0.1, -0.05) is 78.9 Å². The number of hydrogen-bond donors (Lipinski definition) is 2. The van der Waals surface area contributed by atoms with Crippen LogP contribution in [-0.2, 0) is 19.9 Å². The van der Waals surface area contributed by atoms with Crippen LogP contribution in [0.2, 0.25) is 0 Å². The molecule has 3 aromatic carbocycles. The molecule has 4 rings (SSSR count). The monoisotopic (exact) mass is 475 g/mol. The number of benzene rings is 3. The Morgan fingerprint density at radius 1 is 0.912 bits per heavy atom. The zero-order valence-electron chi connectivity index (χ0n) is 19.5. The minimum Gasteiger partial charge on any atom is -0.454 e. The number of nitrogens with one attached hydrogen (secondary N) is 1. The Labute approximate surface area is 205 Å². The van der Waals surface area contributed by atoms with E-state index >= 15 is 0 Å². The molecule has 34 heavy (non-hydrogen) atoms. The molecule has 3 aromatic rings. The molecule has 0 aliphatic heterocycles. The molecule has 0 aromatic heterocycles. The van der Waals surface area contributed by atoms with Gasteiger partial charge in [-0.25, -0.2) is 4.79 Å². The van der Waals surface area contributed by atoms with Gasteiger partial charge in [-0.05, 0) is 48.6 Å². The molecule has 0 saturated carbocycles. The largest absolute Gasteiger partial charge is 0.454 e. The summed E-state index contributed by atoms with van der Waals surface area (Å²) in [6.45, 7) is 5.56. The van der Waals surface area contributed by atoms with E-state index in [4.69, 9.17) is 9.47 Å². The normalized spacial score (nSPS) is 14.5. The first-order valence-electron chi connectivity index (χ1n) is 11.4.